The molecule has 1 atom stereocenters. The number of rotatable bonds is 3. The number of esters is 1. The van der Waals surface area contributed by atoms with Crippen LogP contribution in [0.2, 0.25) is 0 Å². The monoisotopic (exact) mass is 183 g/mol. The molecule has 0 spiro atoms. The summed E-state index contributed by atoms with van der Waals surface area (Å²) in [6.07, 6.45) is 3.03. The van der Waals surface area contributed by atoms with Crippen molar-refractivity contribution in [2.24, 2.45) is 5.73 Å². The fraction of sp³-hybridized carbons (Fsp3) is 0.500. The minimum Gasteiger partial charge on any atom is -0.464 e. The fourth-order valence-electron chi connectivity index (χ4n) is 1.05. The van der Waals surface area contributed by atoms with Gasteiger partial charge in [-0.2, -0.15) is 0 Å². The largest absolute Gasteiger partial charge is 0.464 e. The topological polar surface area (TPSA) is 70.1 Å². The highest BCUT2D eigenvalue weighted by Crippen LogP contribution is 2.01. The molecule has 72 valence electrons. The fourth-order valence-corrected chi connectivity index (χ4v) is 1.05. The van der Waals surface area contributed by atoms with Crippen LogP contribution in [-0.2, 0) is 11.3 Å². The van der Waals surface area contributed by atoms with E-state index < -0.39 is 5.97 Å². The van der Waals surface area contributed by atoms with Crippen LogP contribution in [0.15, 0.2) is 12.5 Å². The standard InChI is InChI=1S/C8H13N3O2/c1-6(9)4-11-5-10-3-7(11)8(12)13-2/h3,5-6H,4,9H2,1-2H3/t6-/m0/s1. The smallest absolute Gasteiger partial charge is 0.356 e. The number of nitrogens with two attached hydrogens (primary N) is 1. The number of hydrogen-bond donors (Lipinski definition) is 1. The van der Waals surface area contributed by atoms with Crippen molar-refractivity contribution in [2.45, 2.75) is 19.5 Å². The summed E-state index contributed by atoms with van der Waals surface area (Å²) in [5, 5.41) is 0. The van der Waals surface area contributed by atoms with Crippen molar-refractivity contribution >= 4 is 5.97 Å². The summed E-state index contributed by atoms with van der Waals surface area (Å²) in [7, 11) is 1.34. The number of carbonyl (C=O) groups excluding carboxylic acids is 1. The average molecular weight is 183 g/mol. The molecule has 0 aliphatic heterocycles. The van der Waals surface area contributed by atoms with Gasteiger partial charge in [0.1, 0.15) is 5.69 Å². The van der Waals surface area contributed by atoms with Crippen LogP contribution in [0.5, 0.6) is 0 Å². The van der Waals surface area contributed by atoms with Gasteiger partial charge in [0.2, 0.25) is 0 Å². The second-order valence-electron chi connectivity index (χ2n) is 2.90. The predicted molar refractivity (Wildman–Crippen MR) is 47.2 cm³/mol. The minimum absolute atomic E-state index is 0.0161. The van der Waals surface area contributed by atoms with E-state index in [0.717, 1.165) is 0 Å². The van der Waals surface area contributed by atoms with E-state index in [0.29, 0.717) is 12.2 Å². The van der Waals surface area contributed by atoms with Crippen molar-refractivity contribution in [3.05, 3.63) is 18.2 Å². The Morgan fingerprint density at radius 1 is 1.85 bits per heavy atom. The second-order valence-corrected chi connectivity index (χ2v) is 2.90. The first-order chi connectivity index (χ1) is 6.15. The summed E-state index contributed by atoms with van der Waals surface area (Å²) in [5.41, 5.74) is 6.02. The third kappa shape index (κ3) is 2.29. The molecule has 2 N–H and O–H groups in total. The third-order valence-electron chi connectivity index (χ3n) is 1.59. The summed E-state index contributed by atoms with van der Waals surface area (Å²) < 4.78 is 6.25. The molecule has 5 heteroatoms. The van der Waals surface area contributed by atoms with Crippen molar-refractivity contribution in [1.29, 1.82) is 0 Å². The van der Waals surface area contributed by atoms with Crippen LogP contribution in [0, 0.1) is 0 Å². The van der Waals surface area contributed by atoms with Crippen LogP contribution in [0.4, 0.5) is 0 Å². The molecule has 0 aliphatic rings. The molecule has 0 radical (unpaired) electrons. The molecule has 0 saturated heterocycles. The summed E-state index contributed by atoms with van der Waals surface area (Å²) in [4.78, 5) is 15.0. The zero-order chi connectivity index (χ0) is 9.84. The highest BCUT2D eigenvalue weighted by molar-refractivity contribution is 5.87. The van der Waals surface area contributed by atoms with Gasteiger partial charge in [0.05, 0.1) is 19.6 Å². The van der Waals surface area contributed by atoms with Gasteiger partial charge in [0.25, 0.3) is 0 Å². The molecule has 1 aromatic heterocycles. The molecule has 1 heterocycles. The Balaban J connectivity index is 2.83. The van der Waals surface area contributed by atoms with E-state index in [1.54, 1.807) is 10.9 Å². The molecule has 1 aromatic rings. The number of methoxy groups -OCH3 is 1. The Morgan fingerprint density at radius 3 is 3.08 bits per heavy atom. The maximum atomic E-state index is 11.2. The van der Waals surface area contributed by atoms with E-state index in [4.69, 9.17) is 5.73 Å². The maximum Gasteiger partial charge on any atom is 0.356 e. The minimum atomic E-state index is -0.391. The number of nitrogens with zero attached hydrogens (tertiary/aromatic N) is 2. The quantitative estimate of drug-likeness (QED) is 0.670. The van der Waals surface area contributed by atoms with Gasteiger partial charge >= 0.3 is 5.97 Å². The summed E-state index contributed by atoms with van der Waals surface area (Å²) in [5.74, 6) is -0.391. The van der Waals surface area contributed by atoms with Gasteiger partial charge in [0, 0.05) is 12.6 Å². The Hall–Kier alpha value is -1.36. The van der Waals surface area contributed by atoms with Crippen molar-refractivity contribution in [1.82, 2.24) is 9.55 Å². The van der Waals surface area contributed by atoms with E-state index in [-0.39, 0.29) is 6.04 Å². The Labute approximate surface area is 76.5 Å². The molecular formula is C8H13N3O2. The van der Waals surface area contributed by atoms with E-state index in [1.807, 2.05) is 6.92 Å². The first-order valence-corrected chi connectivity index (χ1v) is 3.99. The average Bonchev–Trinajstić information content (AvgIpc) is 2.50. The molecule has 0 unspecified atom stereocenters. The van der Waals surface area contributed by atoms with Crippen LogP contribution in [0.1, 0.15) is 17.4 Å². The molecule has 13 heavy (non-hydrogen) atoms. The van der Waals surface area contributed by atoms with Gasteiger partial charge in [0.15, 0.2) is 0 Å². The summed E-state index contributed by atoms with van der Waals surface area (Å²) in [6.45, 7) is 2.42. The van der Waals surface area contributed by atoms with Crippen LogP contribution < -0.4 is 5.73 Å². The molecular weight excluding hydrogens is 170 g/mol. The first-order valence-electron chi connectivity index (χ1n) is 3.99. The Kier molecular flexibility index (Phi) is 3.02. The van der Waals surface area contributed by atoms with Gasteiger partial charge < -0.3 is 15.0 Å². The molecule has 0 aromatic carbocycles. The lowest BCUT2D eigenvalue weighted by molar-refractivity contribution is 0.0588. The number of carbonyl (C=O) groups is 1. The lowest BCUT2D eigenvalue weighted by Crippen LogP contribution is -2.24. The van der Waals surface area contributed by atoms with Crippen molar-refractivity contribution in [3.8, 4) is 0 Å². The lowest BCUT2D eigenvalue weighted by Gasteiger charge is -2.08. The molecule has 5 nitrogen and oxygen atoms in total. The highest BCUT2D eigenvalue weighted by atomic mass is 16.5. The number of imidazole rings is 1. The zero-order valence-electron chi connectivity index (χ0n) is 7.73. The van der Waals surface area contributed by atoms with Gasteiger partial charge in [-0.3, -0.25) is 0 Å². The highest BCUT2D eigenvalue weighted by Gasteiger charge is 2.11. The Morgan fingerprint density at radius 2 is 2.54 bits per heavy atom. The normalized spacial score (nSPS) is 12.5. The van der Waals surface area contributed by atoms with Crippen LogP contribution in [0.25, 0.3) is 0 Å². The second kappa shape index (κ2) is 4.04. The molecule has 0 saturated carbocycles. The third-order valence-corrected chi connectivity index (χ3v) is 1.59. The van der Waals surface area contributed by atoms with Crippen LogP contribution in [0.3, 0.4) is 0 Å². The van der Waals surface area contributed by atoms with Crippen LogP contribution >= 0.6 is 0 Å². The summed E-state index contributed by atoms with van der Waals surface area (Å²) >= 11 is 0. The van der Waals surface area contributed by atoms with Gasteiger partial charge in [-0.25, -0.2) is 9.78 Å². The Bertz CT molecular complexity index is 293. The van der Waals surface area contributed by atoms with Gasteiger partial charge in [-0.15, -0.1) is 0 Å². The SMILES string of the molecule is COC(=O)c1cncn1C[C@H](C)N. The lowest BCUT2D eigenvalue weighted by atomic mass is 10.3. The number of ether oxygens (including phenoxy) is 1. The van der Waals surface area contributed by atoms with E-state index in [2.05, 4.69) is 9.72 Å². The molecule has 0 fully saturated rings. The van der Waals surface area contributed by atoms with Gasteiger partial charge in [-0.05, 0) is 6.92 Å². The molecule has 0 aliphatic carbocycles. The first kappa shape index (κ1) is 9.73. The predicted octanol–water partition coefficient (Wildman–Crippen LogP) is 0.0169. The maximum absolute atomic E-state index is 11.2. The van der Waals surface area contributed by atoms with Crippen molar-refractivity contribution < 1.29 is 9.53 Å². The van der Waals surface area contributed by atoms with Crippen LogP contribution in [-0.4, -0.2) is 28.7 Å². The zero-order valence-corrected chi connectivity index (χ0v) is 7.73. The number of hydrogen-bond acceptors (Lipinski definition) is 4. The van der Waals surface area contributed by atoms with E-state index >= 15 is 0 Å². The summed E-state index contributed by atoms with van der Waals surface area (Å²) in [6, 6.07) is -0.0161. The molecule has 1 rings (SSSR count). The van der Waals surface area contributed by atoms with Gasteiger partial charge in [-0.1, -0.05) is 0 Å². The molecule has 0 amide bonds. The van der Waals surface area contributed by atoms with Crippen molar-refractivity contribution in [3.63, 3.8) is 0 Å². The van der Waals surface area contributed by atoms with E-state index in [9.17, 15) is 4.79 Å². The van der Waals surface area contributed by atoms with E-state index in [1.165, 1.54) is 13.3 Å². The number of aromatic nitrogens is 2. The van der Waals surface area contributed by atoms with Crippen molar-refractivity contribution in [2.75, 3.05) is 7.11 Å². The molecule has 0 bridgehead atoms.